The zero-order valence-electron chi connectivity index (χ0n) is 17.8. The van der Waals surface area contributed by atoms with E-state index in [1.807, 2.05) is 13.8 Å². The predicted molar refractivity (Wildman–Crippen MR) is 109 cm³/mol. The van der Waals surface area contributed by atoms with Gasteiger partial charge in [0.25, 0.3) is 0 Å². The molecule has 4 heteroatoms. The molecule has 0 aromatic heterocycles. The smallest absolute Gasteiger partial charge is 0.338 e. The molecule has 0 aliphatic heterocycles. The lowest BCUT2D eigenvalue weighted by Crippen LogP contribution is -2.40. The normalized spacial score (nSPS) is 33.1. The summed E-state index contributed by atoms with van der Waals surface area (Å²) < 4.78 is 11.7. The van der Waals surface area contributed by atoms with Crippen molar-refractivity contribution in [1.29, 1.82) is 0 Å². The van der Waals surface area contributed by atoms with Crippen LogP contribution in [0.2, 0.25) is 0 Å². The summed E-state index contributed by atoms with van der Waals surface area (Å²) in [5, 5.41) is 0. The van der Waals surface area contributed by atoms with Crippen molar-refractivity contribution in [2.75, 3.05) is 0 Å². The fourth-order valence-electron chi connectivity index (χ4n) is 4.40. The Morgan fingerprint density at radius 1 is 0.821 bits per heavy atom. The number of ether oxygens (including phenoxy) is 2. The number of carbonyl (C=O) groups is 2. The van der Waals surface area contributed by atoms with Crippen molar-refractivity contribution in [3.8, 4) is 0 Å². The van der Waals surface area contributed by atoms with Gasteiger partial charge in [-0.25, -0.2) is 9.59 Å². The van der Waals surface area contributed by atoms with Crippen LogP contribution >= 0.6 is 0 Å². The summed E-state index contributed by atoms with van der Waals surface area (Å²) in [6.45, 7) is 8.45. The minimum atomic E-state index is -0.403. The van der Waals surface area contributed by atoms with E-state index < -0.39 is 5.60 Å². The van der Waals surface area contributed by atoms with Gasteiger partial charge in [0.2, 0.25) is 0 Å². The maximum Gasteiger partial charge on any atom is 0.338 e. The Morgan fingerprint density at radius 2 is 1.36 bits per heavy atom. The molecule has 0 saturated heterocycles. The third-order valence-electron chi connectivity index (χ3n) is 6.96. The molecule has 0 radical (unpaired) electrons. The molecule has 1 aromatic rings. The molecule has 2 unspecified atom stereocenters. The lowest BCUT2D eigenvalue weighted by atomic mass is 9.77. The molecule has 0 bridgehead atoms. The maximum atomic E-state index is 12.6. The van der Waals surface area contributed by atoms with E-state index in [1.54, 1.807) is 24.3 Å². The summed E-state index contributed by atoms with van der Waals surface area (Å²) in [5.41, 5.74) is 0.175. The molecule has 2 atom stereocenters. The van der Waals surface area contributed by atoms with Crippen LogP contribution in [0.15, 0.2) is 24.3 Å². The molecule has 2 saturated carbocycles. The first kappa shape index (κ1) is 20.9. The fourth-order valence-corrected chi connectivity index (χ4v) is 4.40. The summed E-state index contributed by atoms with van der Waals surface area (Å²) in [5.74, 6) is 0.429. The van der Waals surface area contributed by atoms with Crippen molar-refractivity contribution in [3.63, 3.8) is 0 Å². The Hall–Kier alpha value is -1.84. The number of benzene rings is 1. The van der Waals surface area contributed by atoms with Crippen molar-refractivity contribution in [2.45, 2.75) is 90.3 Å². The summed E-state index contributed by atoms with van der Waals surface area (Å²) in [7, 11) is 0. The van der Waals surface area contributed by atoms with E-state index in [1.165, 1.54) is 6.42 Å². The van der Waals surface area contributed by atoms with Crippen LogP contribution in [0.25, 0.3) is 0 Å². The van der Waals surface area contributed by atoms with Crippen molar-refractivity contribution in [1.82, 2.24) is 0 Å². The molecule has 28 heavy (non-hydrogen) atoms. The first-order valence-corrected chi connectivity index (χ1v) is 10.8. The lowest BCUT2D eigenvalue weighted by Gasteiger charge is -2.39. The van der Waals surface area contributed by atoms with E-state index in [0.29, 0.717) is 23.0 Å². The van der Waals surface area contributed by atoms with E-state index in [4.69, 9.17) is 9.47 Å². The van der Waals surface area contributed by atoms with Gasteiger partial charge >= 0.3 is 11.9 Å². The van der Waals surface area contributed by atoms with Gasteiger partial charge in [-0.05, 0) is 94.9 Å². The first-order chi connectivity index (χ1) is 13.2. The van der Waals surface area contributed by atoms with E-state index in [2.05, 4.69) is 13.8 Å². The SMILES string of the molecule is CC1CCC(C)(OC(=O)c2ccc(C(=O)OC3(C)CCCCC3C)cc2)CC1. The Bertz CT molecular complexity index is 700. The van der Waals surface area contributed by atoms with Gasteiger partial charge in [0.05, 0.1) is 11.1 Å². The van der Waals surface area contributed by atoms with Crippen LogP contribution in [-0.2, 0) is 9.47 Å². The van der Waals surface area contributed by atoms with Crippen LogP contribution < -0.4 is 0 Å². The molecular weight excluding hydrogens is 352 g/mol. The molecular formula is C24H34O4. The number of carbonyl (C=O) groups excluding carboxylic acids is 2. The highest BCUT2D eigenvalue weighted by atomic mass is 16.6. The third kappa shape index (κ3) is 4.76. The highest BCUT2D eigenvalue weighted by Gasteiger charge is 2.37. The third-order valence-corrected chi connectivity index (χ3v) is 6.96. The predicted octanol–water partition coefficient (Wildman–Crippen LogP) is 5.94. The molecule has 1 aromatic carbocycles. The zero-order chi connectivity index (χ0) is 20.4. The maximum absolute atomic E-state index is 12.6. The van der Waals surface area contributed by atoms with Crippen LogP contribution in [0.3, 0.4) is 0 Å². The molecule has 2 aliphatic rings. The number of rotatable bonds is 4. The second-order valence-electron chi connectivity index (χ2n) is 9.45. The highest BCUT2D eigenvalue weighted by molar-refractivity contribution is 5.93. The monoisotopic (exact) mass is 386 g/mol. The molecule has 2 aliphatic carbocycles. The summed E-state index contributed by atoms with van der Waals surface area (Å²) >= 11 is 0. The van der Waals surface area contributed by atoms with Crippen LogP contribution in [0, 0.1) is 11.8 Å². The minimum Gasteiger partial charge on any atom is -0.456 e. The lowest BCUT2D eigenvalue weighted by molar-refractivity contribution is -0.0550. The Morgan fingerprint density at radius 3 is 1.89 bits per heavy atom. The Kier molecular flexibility index (Phi) is 6.16. The molecule has 0 N–H and O–H groups in total. The van der Waals surface area contributed by atoms with Crippen molar-refractivity contribution in [2.24, 2.45) is 11.8 Å². The molecule has 154 valence electrons. The van der Waals surface area contributed by atoms with Gasteiger partial charge in [-0.1, -0.05) is 20.3 Å². The van der Waals surface area contributed by atoms with Gasteiger partial charge in [0.1, 0.15) is 11.2 Å². The molecule has 0 spiro atoms. The van der Waals surface area contributed by atoms with Crippen molar-refractivity contribution in [3.05, 3.63) is 35.4 Å². The summed E-state index contributed by atoms with van der Waals surface area (Å²) in [6.07, 6.45) is 8.27. The second-order valence-corrected chi connectivity index (χ2v) is 9.45. The van der Waals surface area contributed by atoms with Crippen LogP contribution in [0.4, 0.5) is 0 Å². The van der Waals surface area contributed by atoms with E-state index >= 15 is 0 Å². The van der Waals surface area contributed by atoms with Crippen LogP contribution in [-0.4, -0.2) is 23.1 Å². The zero-order valence-corrected chi connectivity index (χ0v) is 17.8. The molecule has 2 fully saturated rings. The van der Waals surface area contributed by atoms with Gasteiger partial charge in [-0.3, -0.25) is 0 Å². The van der Waals surface area contributed by atoms with Crippen molar-refractivity contribution < 1.29 is 19.1 Å². The minimum absolute atomic E-state index is 0.315. The topological polar surface area (TPSA) is 52.6 Å². The van der Waals surface area contributed by atoms with E-state index in [-0.39, 0.29) is 17.5 Å². The number of esters is 2. The van der Waals surface area contributed by atoms with E-state index in [0.717, 1.165) is 44.9 Å². The number of hydrogen-bond donors (Lipinski definition) is 0. The molecule has 3 rings (SSSR count). The van der Waals surface area contributed by atoms with Gasteiger partial charge in [-0.15, -0.1) is 0 Å². The van der Waals surface area contributed by atoms with Gasteiger partial charge in [0, 0.05) is 0 Å². The quantitative estimate of drug-likeness (QED) is 0.601. The largest absolute Gasteiger partial charge is 0.456 e. The Balaban J connectivity index is 1.61. The molecule has 4 nitrogen and oxygen atoms in total. The number of hydrogen-bond acceptors (Lipinski definition) is 4. The Labute approximate surface area is 169 Å². The van der Waals surface area contributed by atoms with Gasteiger partial charge < -0.3 is 9.47 Å². The average Bonchev–Trinajstić information content (AvgIpc) is 2.67. The summed E-state index contributed by atoms with van der Waals surface area (Å²) in [6, 6.07) is 6.67. The molecule has 0 amide bonds. The van der Waals surface area contributed by atoms with Gasteiger partial charge in [0.15, 0.2) is 0 Å². The van der Waals surface area contributed by atoms with Crippen LogP contribution in [0.5, 0.6) is 0 Å². The molecule has 0 heterocycles. The second kappa shape index (κ2) is 8.26. The van der Waals surface area contributed by atoms with E-state index in [9.17, 15) is 9.59 Å². The highest BCUT2D eigenvalue weighted by Crippen LogP contribution is 2.37. The standard InChI is InChI=1S/C24H34O4/c1-17-12-15-23(3,16-13-17)27-21(25)19-8-10-20(11-9-19)22(26)28-24(4)14-6-5-7-18(24)2/h8-11,17-18H,5-7,12-16H2,1-4H3. The average molecular weight is 387 g/mol. The summed E-state index contributed by atoms with van der Waals surface area (Å²) in [4.78, 5) is 25.2. The van der Waals surface area contributed by atoms with Crippen LogP contribution in [0.1, 0.15) is 99.8 Å². The van der Waals surface area contributed by atoms with Gasteiger partial charge in [-0.2, -0.15) is 0 Å². The van der Waals surface area contributed by atoms with Crippen molar-refractivity contribution >= 4 is 11.9 Å². The first-order valence-electron chi connectivity index (χ1n) is 10.8. The fraction of sp³-hybridized carbons (Fsp3) is 0.667.